The predicted octanol–water partition coefficient (Wildman–Crippen LogP) is 3.04. The van der Waals surface area contributed by atoms with Crippen LogP contribution in [0.3, 0.4) is 0 Å². The van der Waals surface area contributed by atoms with Crippen LogP contribution in [-0.2, 0) is 4.79 Å². The lowest BCUT2D eigenvalue weighted by Gasteiger charge is -2.40. The second kappa shape index (κ2) is 11.9. The van der Waals surface area contributed by atoms with E-state index in [9.17, 15) is 4.79 Å². The number of amides is 1. The molecule has 3 aliphatic rings. The Morgan fingerprint density at radius 2 is 2.00 bits per heavy atom. The van der Waals surface area contributed by atoms with Crippen molar-refractivity contribution >= 4 is 42.5 Å². The van der Waals surface area contributed by atoms with Gasteiger partial charge in [0.1, 0.15) is 0 Å². The van der Waals surface area contributed by atoms with Gasteiger partial charge in [-0.1, -0.05) is 6.42 Å². The maximum absolute atomic E-state index is 12.6. The number of piperidine rings is 2. The molecule has 0 bridgehead atoms. The summed E-state index contributed by atoms with van der Waals surface area (Å²) in [7, 11) is 0. The van der Waals surface area contributed by atoms with Crippen LogP contribution in [0, 0.1) is 5.92 Å². The molecule has 0 radical (unpaired) electrons. The number of carbonyl (C=O) groups excluding carboxylic acids is 1. The van der Waals surface area contributed by atoms with Gasteiger partial charge in [0.05, 0.1) is 0 Å². The van der Waals surface area contributed by atoms with Crippen LogP contribution in [0.1, 0.15) is 45.4 Å². The number of carbonyl (C=O) groups is 1. The molecule has 3 heterocycles. The van der Waals surface area contributed by atoms with Crippen molar-refractivity contribution in [2.24, 2.45) is 5.92 Å². The highest BCUT2D eigenvalue weighted by Crippen LogP contribution is 2.23. The van der Waals surface area contributed by atoms with E-state index < -0.39 is 0 Å². The molecule has 0 aromatic rings. The van der Waals surface area contributed by atoms with E-state index in [-0.39, 0.29) is 24.8 Å². The van der Waals surface area contributed by atoms with Gasteiger partial charge in [-0.05, 0) is 45.1 Å². The summed E-state index contributed by atoms with van der Waals surface area (Å²) in [5.74, 6) is 3.34. The molecule has 0 aromatic heterocycles. The van der Waals surface area contributed by atoms with E-state index in [4.69, 9.17) is 0 Å². The Labute approximate surface area is 170 Å². The molecule has 25 heavy (non-hydrogen) atoms. The van der Waals surface area contributed by atoms with Gasteiger partial charge in [0, 0.05) is 56.2 Å². The van der Waals surface area contributed by atoms with Gasteiger partial charge in [-0.25, -0.2) is 0 Å². The number of hydrogen-bond acceptors (Lipinski definition) is 4. The first-order chi connectivity index (χ1) is 11.2. The molecule has 3 rings (SSSR count). The summed E-state index contributed by atoms with van der Waals surface area (Å²) in [5, 5.41) is 3.50. The number of rotatable bonds is 4. The van der Waals surface area contributed by atoms with Crippen LogP contribution in [-0.4, -0.2) is 72.0 Å². The van der Waals surface area contributed by atoms with Gasteiger partial charge in [-0.2, -0.15) is 11.8 Å². The van der Waals surface area contributed by atoms with Crippen LogP contribution < -0.4 is 5.32 Å². The maximum Gasteiger partial charge on any atom is 0.224 e. The van der Waals surface area contributed by atoms with Gasteiger partial charge in [-0.3, -0.25) is 4.79 Å². The van der Waals surface area contributed by atoms with Gasteiger partial charge in [-0.15, -0.1) is 24.8 Å². The summed E-state index contributed by atoms with van der Waals surface area (Å²) in [4.78, 5) is 17.5. The quantitative estimate of drug-likeness (QED) is 0.770. The molecule has 3 saturated heterocycles. The minimum absolute atomic E-state index is 0. The molecule has 4 nitrogen and oxygen atoms in total. The van der Waals surface area contributed by atoms with E-state index in [1.807, 2.05) is 11.8 Å². The molecule has 0 saturated carbocycles. The summed E-state index contributed by atoms with van der Waals surface area (Å²) < 4.78 is 0. The normalized spacial score (nSPS) is 30.9. The standard InChI is InChI=1S/C18H33N3OS.2ClH/c1-15-5-2-3-8-20(15)12-16-6-4-9-21(13-16)18(22)11-17-14-23-10-7-19-17;;/h15-17,19H,2-14H2,1H3;2*1H. The molecule has 3 aliphatic heterocycles. The Morgan fingerprint density at radius 1 is 1.16 bits per heavy atom. The minimum Gasteiger partial charge on any atom is -0.342 e. The number of hydrogen-bond donors (Lipinski definition) is 1. The molecule has 0 aliphatic carbocycles. The molecule has 3 atom stereocenters. The molecular formula is C18H35Cl2N3OS. The average Bonchev–Trinajstić information content (AvgIpc) is 2.58. The summed E-state index contributed by atoms with van der Waals surface area (Å²) in [6.45, 7) is 7.85. The third kappa shape index (κ3) is 7.10. The van der Waals surface area contributed by atoms with Crippen LogP contribution in [0.15, 0.2) is 0 Å². The lowest BCUT2D eigenvalue weighted by molar-refractivity contribution is -0.133. The average molecular weight is 412 g/mol. The Bertz CT molecular complexity index is 397. The zero-order valence-electron chi connectivity index (χ0n) is 15.5. The highest BCUT2D eigenvalue weighted by molar-refractivity contribution is 7.99. The van der Waals surface area contributed by atoms with Gasteiger partial charge in [0.25, 0.3) is 0 Å². The van der Waals surface area contributed by atoms with E-state index in [0.717, 1.165) is 31.4 Å². The largest absolute Gasteiger partial charge is 0.342 e. The van der Waals surface area contributed by atoms with E-state index in [0.29, 0.717) is 24.3 Å². The van der Waals surface area contributed by atoms with E-state index in [1.54, 1.807) is 0 Å². The molecule has 1 amide bonds. The third-order valence-corrected chi connectivity index (χ3v) is 6.86. The van der Waals surface area contributed by atoms with E-state index >= 15 is 0 Å². The smallest absolute Gasteiger partial charge is 0.224 e. The second-order valence-corrected chi connectivity index (χ2v) is 8.77. The number of nitrogens with zero attached hydrogens (tertiary/aromatic N) is 2. The zero-order chi connectivity index (χ0) is 16.1. The molecule has 0 spiro atoms. The number of likely N-dealkylation sites (tertiary alicyclic amines) is 2. The van der Waals surface area contributed by atoms with Crippen molar-refractivity contribution in [3.05, 3.63) is 0 Å². The number of thioether (sulfide) groups is 1. The fourth-order valence-electron chi connectivity index (χ4n) is 4.29. The van der Waals surface area contributed by atoms with Crippen LogP contribution in [0.2, 0.25) is 0 Å². The van der Waals surface area contributed by atoms with Gasteiger partial charge in [0.15, 0.2) is 0 Å². The fraction of sp³-hybridized carbons (Fsp3) is 0.944. The predicted molar refractivity (Wildman–Crippen MR) is 112 cm³/mol. The zero-order valence-corrected chi connectivity index (χ0v) is 17.9. The van der Waals surface area contributed by atoms with Crippen LogP contribution in [0.4, 0.5) is 0 Å². The minimum atomic E-state index is 0. The summed E-state index contributed by atoms with van der Waals surface area (Å²) in [5.41, 5.74) is 0. The fourth-order valence-corrected chi connectivity index (χ4v) is 5.24. The van der Waals surface area contributed by atoms with Gasteiger partial charge in [0.2, 0.25) is 5.91 Å². The molecule has 3 fully saturated rings. The van der Waals surface area contributed by atoms with Gasteiger partial charge >= 0.3 is 0 Å². The summed E-state index contributed by atoms with van der Waals surface area (Å²) >= 11 is 1.98. The van der Waals surface area contributed by atoms with Crippen molar-refractivity contribution in [1.29, 1.82) is 0 Å². The summed E-state index contributed by atoms with van der Waals surface area (Å²) in [6, 6.07) is 1.13. The third-order valence-electron chi connectivity index (χ3n) is 5.72. The maximum atomic E-state index is 12.6. The first-order valence-electron chi connectivity index (χ1n) is 9.55. The lowest BCUT2D eigenvalue weighted by atomic mass is 9.94. The van der Waals surface area contributed by atoms with Crippen molar-refractivity contribution in [3.8, 4) is 0 Å². The Kier molecular flexibility index (Phi) is 11.1. The highest BCUT2D eigenvalue weighted by Gasteiger charge is 2.28. The van der Waals surface area contributed by atoms with Crippen molar-refractivity contribution in [1.82, 2.24) is 15.1 Å². The number of nitrogens with one attached hydrogen (secondary N) is 1. The van der Waals surface area contributed by atoms with Crippen LogP contribution in [0.5, 0.6) is 0 Å². The highest BCUT2D eigenvalue weighted by atomic mass is 35.5. The molecule has 0 aromatic carbocycles. The van der Waals surface area contributed by atoms with Crippen LogP contribution >= 0.6 is 36.6 Å². The Morgan fingerprint density at radius 3 is 2.72 bits per heavy atom. The molecule has 1 N–H and O–H groups in total. The van der Waals surface area contributed by atoms with Crippen molar-refractivity contribution in [2.45, 2.75) is 57.5 Å². The molecule has 3 unspecified atom stereocenters. The second-order valence-electron chi connectivity index (χ2n) is 7.62. The topological polar surface area (TPSA) is 35.6 Å². The van der Waals surface area contributed by atoms with Crippen molar-refractivity contribution in [2.75, 3.05) is 44.2 Å². The van der Waals surface area contributed by atoms with Crippen molar-refractivity contribution in [3.63, 3.8) is 0 Å². The Balaban J connectivity index is 0.00000156. The molecule has 148 valence electrons. The SMILES string of the molecule is CC1CCCCN1CC1CCCN(C(=O)CC2CSCCN2)C1.Cl.Cl. The molecule has 7 heteroatoms. The first-order valence-corrected chi connectivity index (χ1v) is 10.7. The monoisotopic (exact) mass is 411 g/mol. The summed E-state index contributed by atoms with van der Waals surface area (Å²) in [6.07, 6.45) is 7.26. The van der Waals surface area contributed by atoms with Crippen molar-refractivity contribution < 1.29 is 4.79 Å². The van der Waals surface area contributed by atoms with Gasteiger partial charge < -0.3 is 15.1 Å². The first kappa shape index (κ1) is 23.4. The molecular weight excluding hydrogens is 377 g/mol. The van der Waals surface area contributed by atoms with E-state index in [2.05, 4.69) is 22.0 Å². The van der Waals surface area contributed by atoms with Crippen LogP contribution in [0.25, 0.3) is 0 Å². The Hall–Kier alpha value is 0.320. The van der Waals surface area contributed by atoms with E-state index in [1.165, 1.54) is 50.9 Å². The number of halogens is 2. The lowest BCUT2D eigenvalue weighted by Crippen LogP contribution is -2.48.